The Morgan fingerprint density at radius 1 is 0.882 bits per heavy atom. The quantitative estimate of drug-likeness (QED) is 0.121. The van der Waals surface area contributed by atoms with Crippen LogP contribution < -0.4 is 0 Å². The summed E-state index contributed by atoms with van der Waals surface area (Å²) in [4.78, 5) is 2.55. The molecule has 0 aliphatic heterocycles. The normalized spacial score (nSPS) is 13.7. The molecule has 0 spiro atoms. The highest BCUT2D eigenvalue weighted by atomic mass is 32.2. The van der Waals surface area contributed by atoms with Crippen molar-refractivity contribution in [2.75, 3.05) is 19.8 Å². The van der Waals surface area contributed by atoms with Gasteiger partial charge in [0.25, 0.3) is 20.2 Å². The van der Waals surface area contributed by atoms with Crippen molar-refractivity contribution in [2.45, 2.75) is 55.5 Å². The average molecular weight is 512 g/mol. The molecule has 0 bridgehead atoms. The van der Waals surface area contributed by atoms with Crippen LogP contribution in [0.3, 0.4) is 0 Å². The molecule has 0 saturated carbocycles. The van der Waals surface area contributed by atoms with Crippen LogP contribution in [0.25, 0.3) is 10.4 Å². The molecular weight excluding hydrogens is 482 g/mol. The van der Waals surface area contributed by atoms with Crippen molar-refractivity contribution in [3.8, 4) is 0 Å². The molecule has 2 atom stereocenters. The van der Waals surface area contributed by atoms with Gasteiger partial charge in [-0.1, -0.05) is 53.9 Å². The lowest BCUT2D eigenvalue weighted by atomic mass is 10.2. The first-order chi connectivity index (χ1) is 16.1. The number of azide groups is 1. The van der Waals surface area contributed by atoms with Gasteiger partial charge >= 0.3 is 0 Å². The van der Waals surface area contributed by atoms with E-state index in [1.165, 1.54) is 24.3 Å². The van der Waals surface area contributed by atoms with Crippen LogP contribution in [-0.2, 0) is 33.3 Å². The van der Waals surface area contributed by atoms with Gasteiger partial charge in [-0.05, 0) is 50.1 Å². The van der Waals surface area contributed by atoms with Crippen LogP contribution in [-0.4, -0.2) is 48.8 Å². The summed E-state index contributed by atoms with van der Waals surface area (Å²) in [5.41, 5.74) is 10.8. The zero-order valence-corrected chi connectivity index (χ0v) is 21.0. The van der Waals surface area contributed by atoms with Crippen molar-refractivity contribution in [3.63, 3.8) is 0 Å². The fourth-order valence-electron chi connectivity index (χ4n) is 2.79. The molecule has 0 saturated heterocycles. The smallest absolute Gasteiger partial charge is 0.297 e. The van der Waals surface area contributed by atoms with Crippen molar-refractivity contribution in [1.82, 2.24) is 0 Å². The van der Waals surface area contributed by atoms with E-state index >= 15 is 0 Å². The van der Waals surface area contributed by atoms with Gasteiger partial charge in [-0.15, -0.1) is 0 Å². The van der Waals surface area contributed by atoms with Crippen LogP contribution in [0.5, 0.6) is 0 Å². The Balaban J connectivity index is 2.25. The molecule has 0 radical (unpaired) electrons. The zero-order chi connectivity index (χ0) is 25.2. The number of hydrogen-bond acceptors (Lipinski definition) is 8. The van der Waals surface area contributed by atoms with Gasteiger partial charge in [0.05, 0.1) is 29.0 Å². The van der Waals surface area contributed by atoms with E-state index in [9.17, 15) is 16.8 Å². The minimum atomic E-state index is -4.26. The van der Waals surface area contributed by atoms with Crippen LogP contribution in [0.1, 0.15) is 30.9 Å². The SMILES string of the molecule is CCCCOC[C@@H](OS(=O)(=O)c1ccc(C)cc1)[C@H](COS(=O)(=O)c1ccc(C)cc1)N=[N+]=[N-]. The van der Waals surface area contributed by atoms with E-state index in [0.717, 1.165) is 24.0 Å². The third kappa shape index (κ3) is 8.39. The monoisotopic (exact) mass is 511 g/mol. The van der Waals surface area contributed by atoms with E-state index in [0.29, 0.717) is 6.61 Å². The molecule has 0 aliphatic rings. The number of nitrogens with zero attached hydrogens (tertiary/aromatic N) is 3. The van der Waals surface area contributed by atoms with Gasteiger partial charge in [0, 0.05) is 11.5 Å². The fraction of sp³-hybridized carbons (Fsp3) is 0.455. The predicted molar refractivity (Wildman–Crippen MR) is 126 cm³/mol. The molecule has 0 heterocycles. The molecule has 0 aliphatic carbocycles. The summed E-state index contributed by atoms with van der Waals surface area (Å²) in [5, 5.41) is 3.55. The van der Waals surface area contributed by atoms with Crippen LogP contribution in [0.4, 0.5) is 0 Å². The molecule has 0 aromatic heterocycles. The van der Waals surface area contributed by atoms with Gasteiger partial charge in [-0.2, -0.15) is 16.8 Å². The molecule has 0 fully saturated rings. The standard InChI is InChI=1S/C22H29N3O7S2/c1-4-5-14-30-16-22(32-34(28,29)20-12-8-18(3)9-13-20)21(24-25-23)15-31-33(26,27)19-10-6-17(2)7-11-19/h6-13,21-22H,4-5,14-16H2,1-3H3/t21-,22+/m0/s1. The first-order valence-electron chi connectivity index (χ1n) is 10.7. The summed E-state index contributed by atoms with van der Waals surface area (Å²) in [6.45, 7) is 5.03. The second kappa shape index (κ2) is 12.8. The van der Waals surface area contributed by atoms with Crippen molar-refractivity contribution in [2.24, 2.45) is 5.11 Å². The van der Waals surface area contributed by atoms with Gasteiger partial charge in [0.2, 0.25) is 0 Å². The van der Waals surface area contributed by atoms with Crippen LogP contribution in [0.15, 0.2) is 63.4 Å². The molecule has 10 nitrogen and oxygen atoms in total. The topological polar surface area (TPSA) is 145 Å². The highest BCUT2D eigenvalue weighted by Gasteiger charge is 2.31. The molecular formula is C22H29N3O7S2. The lowest BCUT2D eigenvalue weighted by molar-refractivity contribution is 0.0317. The highest BCUT2D eigenvalue weighted by molar-refractivity contribution is 7.87. The molecule has 2 aromatic carbocycles. The lowest BCUT2D eigenvalue weighted by Gasteiger charge is -2.23. The van der Waals surface area contributed by atoms with Crippen molar-refractivity contribution in [1.29, 1.82) is 0 Å². The summed E-state index contributed by atoms with van der Waals surface area (Å²) in [7, 11) is -8.44. The molecule has 0 unspecified atom stereocenters. The minimum absolute atomic E-state index is 0.0817. The third-order valence-electron chi connectivity index (χ3n) is 4.82. The van der Waals surface area contributed by atoms with Crippen molar-refractivity contribution < 1.29 is 29.9 Å². The second-order valence-electron chi connectivity index (χ2n) is 7.65. The fourth-order valence-corrected chi connectivity index (χ4v) is 4.80. The number of hydrogen-bond donors (Lipinski definition) is 0. The van der Waals surface area contributed by atoms with Crippen molar-refractivity contribution >= 4 is 20.2 Å². The number of benzene rings is 2. The zero-order valence-electron chi connectivity index (χ0n) is 19.3. The third-order valence-corrected chi connectivity index (χ3v) is 7.46. The summed E-state index contributed by atoms with van der Waals surface area (Å²) in [5.74, 6) is 0. The number of ether oxygens (including phenoxy) is 1. The van der Waals surface area contributed by atoms with E-state index in [4.69, 9.17) is 18.6 Å². The van der Waals surface area contributed by atoms with Gasteiger partial charge in [-0.3, -0.25) is 8.37 Å². The summed E-state index contributed by atoms with van der Waals surface area (Å²) < 4.78 is 66.8. The summed E-state index contributed by atoms with van der Waals surface area (Å²) in [6, 6.07) is 10.7. The van der Waals surface area contributed by atoms with Crippen LogP contribution in [0, 0.1) is 13.8 Å². The van der Waals surface area contributed by atoms with E-state index in [2.05, 4.69) is 10.0 Å². The predicted octanol–water partition coefficient (Wildman–Crippen LogP) is 4.28. The van der Waals surface area contributed by atoms with E-state index in [1.807, 2.05) is 20.8 Å². The Kier molecular flexibility index (Phi) is 10.5. The second-order valence-corrected chi connectivity index (χ2v) is 10.8. The molecule has 12 heteroatoms. The van der Waals surface area contributed by atoms with E-state index in [1.54, 1.807) is 24.3 Å². The number of aryl methyl sites for hydroxylation is 2. The number of rotatable bonds is 14. The highest BCUT2D eigenvalue weighted by Crippen LogP contribution is 2.20. The first kappa shape index (κ1) is 27.8. The van der Waals surface area contributed by atoms with Gasteiger partial charge in [-0.25, -0.2) is 0 Å². The Morgan fingerprint density at radius 3 is 1.91 bits per heavy atom. The van der Waals surface area contributed by atoms with Crippen LogP contribution >= 0.6 is 0 Å². The van der Waals surface area contributed by atoms with Crippen LogP contribution in [0.2, 0.25) is 0 Å². The first-order valence-corrected chi connectivity index (χ1v) is 13.5. The Morgan fingerprint density at radius 2 is 1.41 bits per heavy atom. The Bertz CT molecular complexity index is 1180. The maximum absolute atomic E-state index is 12.8. The van der Waals surface area contributed by atoms with Gasteiger partial charge in [0.15, 0.2) is 0 Å². The molecule has 186 valence electrons. The Hall–Kier alpha value is -2.47. The average Bonchev–Trinajstić information content (AvgIpc) is 2.79. The number of unbranched alkanes of at least 4 members (excludes halogenated alkanes) is 1. The van der Waals surface area contributed by atoms with Crippen molar-refractivity contribution in [3.05, 3.63) is 70.1 Å². The van der Waals surface area contributed by atoms with E-state index < -0.39 is 39.0 Å². The molecule has 34 heavy (non-hydrogen) atoms. The molecule has 0 amide bonds. The summed E-state index contributed by atoms with van der Waals surface area (Å²) >= 11 is 0. The lowest BCUT2D eigenvalue weighted by Crippen LogP contribution is -2.38. The Labute approximate surface area is 200 Å². The van der Waals surface area contributed by atoms with Gasteiger partial charge in [0.1, 0.15) is 6.10 Å². The maximum atomic E-state index is 12.8. The van der Waals surface area contributed by atoms with Gasteiger partial charge < -0.3 is 4.74 Å². The maximum Gasteiger partial charge on any atom is 0.297 e. The molecule has 2 aromatic rings. The molecule has 2 rings (SSSR count). The molecule has 0 N–H and O–H groups in total. The summed E-state index contributed by atoms with van der Waals surface area (Å²) in [6.07, 6.45) is 0.263. The largest absolute Gasteiger partial charge is 0.379 e. The minimum Gasteiger partial charge on any atom is -0.379 e. The van der Waals surface area contributed by atoms with E-state index in [-0.39, 0.29) is 16.4 Å².